The smallest absolute Gasteiger partial charge is 0.261 e. The van der Waals surface area contributed by atoms with E-state index in [1.807, 2.05) is 66.7 Å². The van der Waals surface area contributed by atoms with E-state index in [2.05, 4.69) is 10.0 Å². The van der Waals surface area contributed by atoms with Gasteiger partial charge in [0.25, 0.3) is 10.0 Å². The van der Waals surface area contributed by atoms with E-state index in [0.29, 0.717) is 55.8 Å². The van der Waals surface area contributed by atoms with Crippen molar-refractivity contribution in [3.05, 3.63) is 90.5 Å². The lowest BCUT2D eigenvalue weighted by atomic mass is 10.1. The maximum Gasteiger partial charge on any atom is 0.261 e. The lowest BCUT2D eigenvalue weighted by molar-refractivity contribution is 0.162. The Morgan fingerprint density at radius 1 is 0.829 bits per heavy atom. The minimum absolute atomic E-state index is 0.231. The molecular weight excluding hydrogens is 464 g/mol. The van der Waals surface area contributed by atoms with Gasteiger partial charge in [-0.3, -0.25) is 4.72 Å². The Kier molecular flexibility index (Phi) is 6.74. The predicted octanol–water partition coefficient (Wildman–Crippen LogP) is 4.58. The first kappa shape index (κ1) is 23.0. The summed E-state index contributed by atoms with van der Waals surface area (Å²) in [5.74, 6) is 2.00. The molecular formula is C27H26N2O5S. The monoisotopic (exact) mass is 490 g/mol. The lowest BCUT2D eigenvalue weighted by Crippen LogP contribution is -2.21. The Labute approximate surface area is 204 Å². The summed E-state index contributed by atoms with van der Waals surface area (Å²) in [6, 6.07) is 25.7. The molecule has 0 fully saturated rings. The standard InChI is InChI=1S/C27H26N2O5S/c30-35(31,24-12-11-21-6-1-2-7-22(21)18-24)29-23-8-3-5-20(17-23)19-28-13-14-32-25-9-4-10-26-27(25)34-16-15-33-26/h1-12,17-18,28-29H,13-16,19H2. The number of rotatable bonds is 9. The fourth-order valence-corrected chi connectivity index (χ4v) is 5.00. The largest absolute Gasteiger partial charge is 0.488 e. The lowest BCUT2D eigenvalue weighted by Gasteiger charge is -2.20. The second-order valence-electron chi connectivity index (χ2n) is 8.12. The average Bonchev–Trinajstić information content (AvgIpc) is 2.88. The Morgan fingerprint density at radius 3 is 2.57 bits per heavy atom. The van der Waals surface area contributed by atoms with Crippen molar-refractivity contribution in [2.45, 2.75) is 11.4 Å². The summed E-state index contributed by atoms with van der Waals surface area (Å²) in [5, 5.41) is 5.20. The molecule has 0 saturated carbocycles. The van der Waals surface area contributed by atoms with Gasteiger partial charge >= 0.3 is 0 Å². The fourth-order valence-electron chi connectivity index (χ4n) is 3.92. The number of hydrogen-bond donors (Lipinski definition) is 2. The highest BCUT2D eigenvalue weighted by Gasteiger charge is 2.17. The molecule has 180 valence electrons. The Bertz CT molecular complexity index is 1440. The first-order chi connectivity index (χ1) is 17.1. The average molecular weight is 491 g/mol. The molecule has 1 heterocycles. The zero-order valence-corrected chi connectivity index (χ0v) is 19.9. The number of ether oxygens (including phenoxy) is 3. The van der Waals surface area contributed by atoms with Crippen molar-refractivity contribution in [1.29, 1.82) is 0 Å². The van der Waals surface area contributed by atoms with E-state index < -0.39 is 10.0 Å². The first-order valence-corrected chi connectivity index (χ1v) is 12.9. The molecule has 0 amide bonds. The van der Waals surface area contributed by atoms with Crippen LogP contribution >= 0.6 is 0 Å². The molecule has 35 heavy (non-hydrogen) atoms. The molecule has 8 heteroatoms. The van der Waals surface area contributed by atoms with Crippen LogP contribution in [0.4, 0.5) is 5.69 Å². The van der Waals surface area contributed by atoms with Crippen molar-refractivity contribution in [3.63, 3.8) is 0 Å². The maximum atomic E-state index is 12.9. The van der Waals surface area contributed by atoms with Gasteiger partial charge in [-0.2, -0.15) is 0 Å². The molecule has 2 N–H and O–H groups in total. The summed E-state index contributed by atoms with van der Waals surface area (Å²) in [5.41, 5.74) is 1.47. The summed E-state index contributed by atoms with van der Waals surface area (Å²) in [6.07, 6.45) is 0. The van der Waals surface area contributed by atoms with Crippen LogP contribution < -0.4 is 24.2 Å². The zero-order chi connectivity index (χ0) is 24.1. The number of fused-ring (bicyclic) bond motifs is 2. The molecule has 0 saturated heterocycles. The molecule has 5 rings (SSSR count). The van der Waals surface area contributed by atoms with Gasteiger partial charge in [-0.05, 0) is 52.7 Å². The summed E-state index contributed by atoms with van der Waals surface area (Å²) in [7, 11) is -3.70. The topological polar surface area (TPSA) is 85.9 Å². The van der Waals surface area contributed by atoms with E-state index in [0.717, 1.165) is 16.3 Å². The van der Waals surface area contributed by atoms with Crippen LogP contribution in [0.2, 0.25) is 0 Å². The van der Waals surface area contributed by atoms with Crippen molar-refractivity contribution in [1.82, 2.24) is 5.32 Å². The van der Waals surface area contributed by atoms with Crippen LogP contribution in [0.25, 0.3) is 10.8 Å². The van der Waals surface area contributed by atoms with Gasteiger partial charge in [0.2, 0.25) is 5.75 Å². The van der Waals surface area contributed by atoms with Crippen molar-refractivity contribution < 1.29 is 22.6 Å². The number of para-hydroxylation sites is 1. The van der Waals surface area contributed by atoms with Crippen LogP contribution in [0.15, 0.2) is 89.8 Å². The van der Waals surface area contributed by atoms with Gasteiger partial charge in [0.05, 0.1) is 4.90 Å². The van der Waals surface area contributed by atoms with Gasteiger partial charge in [-0.25, -0.2) is 8.42 Å². The van der Waals surface area contributed by atoms with Gasteiger partial charge < -0.3 is 19.5 Å². The minimum atomic E-state index is -3.70. The number of hydrogen-bond acceptors (Lipinski definition) is 6. The molecule has 1 aliphatic heterocycles. The molecule has 4 aromatic rings. The third kappa shape index (κ3) is 5.50. The quantitative estimate of drug-likeness (QED) is 0.334. The van der Waals surface area contributed by atoms with Crippen LogP contribution in [0.3, 0.4) is 0 Å². The van der Waals surface area contributed by atoms with Crippen LogP contribution in [-0.2, 0) is 16.6 Å². The third-order valence-corrected chi connectivity index (χ3v) is 6.99. The van der Waals surface area contributed by atoms with E-state index in [1.54, 1.807) is 18.2 Å². The second-order valence-corrected chi connectivity index (χ2v) is 9.80. The van der Waals surface area contributed by atoms with Gasteiger partial charge in [0.1, 0.15) is 19.8 Å². The SMILES string of the molecule is O=S(=O)(Nc1cccc(CNCCOc2cccc3c2OCCO3)c1)c1ccc2ccccc2c1. The Hall–Kier alpha value is -3.75. The van der Waals surface area contributed by atoms with E-state index in [-0.39, 0.29) is 4.90 Å². The first-order valence-electron chi connectivity index (χ1n) is 11.4. The van der Waals surface area contributed by atoms with Gasteiger partial charge in [-0.15, -0.1) is 0 Å². The highest BCUT2D eigenvalue weighted by atomic mass is 32.2. The summed E-state index contributed by atoms with van der Waals surface area (Å²) < 4.78 is 45.6. The Morgan fingerprint density at radius 2 is 1.66 bits per heavy atom. The molecule has 0 spiro atoms. The van der Waals surface area contributed by atoms with E-state index in [1.165, 1.54) is 0 Å². The molecule has 1 aliphatic rings. The summed E-state index contributed by atoms with van der Waals surface area (Å²) >= 11 is 0. The highest BCUT2D eigenvalue weighted by molar-refractivity contribution is 7.92. The number of sulfonamides is 1. The van der Waals surface area contributed by atoms with Crippen LogP contribution in [0.5, 0.6) is 17.2 Å². The van der Waals surface area contributed by atoms with Crippen LogP contribution in [-0.4, -0.2) is 34.8 Å². The number of nitrogens with one attached hydrogen (secondary N) is 2. The summed E-state index contributed by atoms with van der Waals surface area (Å²) in [4.78, 5) is 0.231. The van der Waals surface area contributed by atoms with Gasteiger partial charge in [-0.1, -0.05) is 48.5 Å². The predicted molar refractivity (Wildman–Crippen MR) is 136 cm³/mol. The molecule has 7 nitrogen and oxygen atoms in total. The molecule has 0 unspecified atom stereocenters. The molecule has 0 atom stereocenters. The van der Waals surface area contributed by atoms with Crippen molar-refractivity contribution in [3.8, 4) is 17.2 Å². The number of benzene rings is 4. The molecule has 0 aliphatic carbocycles. The maximum absolute atomic E-state index is 12.9. The highest BCUT2D eigenvalue weighted by Crippen LogP contribution is 2.38. The fraction of sp³-hybridized carbons (Fsp3) is 0.185. The van der Waals surface area contributed by atoms with Gasteiger partial charge in [0.15, 0.2) is 11.5 Å². The van der Waals surface area contributed by atoms with Gasteiger partial charge in [0, 0.05) is 18.8 Å². The minimum Gasteiger partial charge on any atom is -0.488 e. The zero-order valence-electron chi connectivity index (χ0n) is 19.1. The molecule has 0 bridgehead atoms. The van der Waals surface area contributed by atoms with Crippen molar-refractivity contribution in [2.24, 2.45) is 0 Å². The van der Waals surface area contributed by atoms with Crippen molar-refractivity contribution >= 4 is 26.5 Å². The third-order valence-electron chi connectivity index (χ3n) is 5.61. The van der Waals surface area contributed by atoms with E-state index >= 15 is 0 Å². The number of anilines is 1. The Balaban J connectivity index is 1.16. The second kappa shape index (κ2) is 10.2. The molecule has 4 aromatic carbocycles. The van der Waals surface area contributed by atoms with E-state index in [4.69, 9.17) is 14.2 Å². The molecule has 0 aromatic heterocycles. The normalized spacial score (nSPS) is 12.9. The molecule has 0 radical (unpaired) electrons. The van der Waals surface area contributed by atoms with Crippen LogP contribution in [0.1, 0.15) is 5.56 Å². The van der Waals surface area contributed by atoms with E-state index in [9.17, 15) is 8.42 Å². The summed E-state index contributed by atoms with van der Waals surface area (Å²) in [6.45, 7) is 2.68. The van der Waals surface area contributed by atoms with Crippen LogP contribution in [0, 0.1) is 0 Å². The van der Waals surface area contributed by atoms with Crippen molar-refractivity contribution in [2.75, 3.05) is 31.1 Å².